The van der Waals surface area contributed by atoms with E-state index < -0.39 is 0 Å². The van der Waals surface area contributed by atoms with Crippen LogP contribution in [0.3, 0.4) is 0 Å². The van der Waals surface area contributed by atoms with Crippen molar-refractivity contribution in [2.75, 3.05) is 18.6 Å². The van der Waals surface area contributed by atoms with Gasteiger partial charge in [-0.2, -0.15) is 4.57 Å². The van der Waals surface area contributed by atoms with Crippen LogP contribution in [0.25, 0.3) is 16.3 Å². The second-order valence-electron chi connectivity index (χ2n) is 10.9. The zero-order valence-corrected chi connectivity index (χ0v) is 24.8. The van der Waals surface area contributed by atoms with E-state index in [9.17, 15) is 0 Å². The number of ether oxygens (including phenoxy) is 1. The van der Waals surface area contributed by atoms with E-state index in [-0.39, 0.29) is 0 Å². The fraction of sp³-hybridized carbons (Fsp3) is 0.229. The van der Waals surface area contributed by atoms with Gasteiger partial charge in [0.1, 0.15) is 11.3 Å². The quantitative estimate of drug-likeness (QED) is 0.232. The predicted octanol–water partition coefficient (Wildman–Crippen LogP) is 8.81. The Morgan fingerprint density at radius 1 is 1.00 bits per heavy atom. The topological polar surface area (TPSA) is 16.4 Å². The summed E-state index contributed by atoms with van der Waals surface area (Å²) in [5.74, 6) is 1.47. The van der Waals surface area contributed by atoms with Gasteiger partial charge in [0, 0.05) is 18.0 Å². The Morgan fingerprint density at radius 3 is 2.75 bits per heavy atom. The first kappa shape index (κ1) is 25.4. The zero-order chi connectivity index (χ0) is 27.2. The third-order valence-electron chi connectivity index (χ3n) is 8.31. The Morgan fingerprint density at radius 2 is 1.88 bits per heavy atom. The lowest BCUT2D eigenvalue weighted by Gasteiger charge is -2.27. The average molecular weight is 562 g/mol. The SMILES string of the molecule is CC1=C(C=CC=C2Sc3ccc(C)cc3N2C)CC(c2ccccc2)CC1=Cc1sc2cccc3c2[n+]1CCO3. The molecular formula is C35H33N2OS2+. The highest BCUT2D eigenvalue weighted by Crippen LogP contribution is 2.46. The van der Waals surface area contributed by atoms with Gasteiger partial charge in [-0.1, -0.05) is 77.7 Å². The van der Waals surface area contributed by atoms with Crippen molar-refractivity contribution in [2.45, 2.75) is 44.0 Å². The summed E-state index contributed by atoms with van der Waals surface area (Å²) in [5, 5.41) is 2.58. The van der Waals surface area contributed by atoms with Crippen molar-refractivity contribution >= 4 is 45.1 Å². The van der Waals surface area contributed by atoms with Crippen LogP contribution in [0, 0.1) is 6.92 Å². The van der Waals surface area contributed by atoms with Gasteiger partial charge in [0.15, 0.2) is 12.3 Å². The summed E-state index contributed by atoms with van der Waals surface area (Å²) >= 11 is 3.72. The summed E-state index contributed by atoms with van der Waals surface area (Å²) in [6, 6.07) is 24.2. The number of anilines is 1. The molecule has 0 amide bonds. The second kappa shape index (κ2) is 10.5. The van der Waals surface area contributed by atoms with Crippen LogP contribution in [0.1, 0.15) is 41.8 Å². The Bertz CT molecular complexity index is 1740. The van der Waals surface area contributed by atoms with Crippen LogP contribution in [0.5, 0.6) is 5.75 Å². The molecule has 0 N–H and O–H groups in total. The van der Waals surface area contributed by atoms with Gasteiger partial charge in [0.25, 0.3) is 10.5 Å². The molecule has 1 atom stereocenters. The number of benzene rings is 3. The fourth-order valence-electron chi connectivity index (χ4n) is 6.08. The number of thioether (sulfide) groups is 1. The van der Waals surface area contributed by atoms with Gasteiger partial charge in [0.05, 0.1) is 10.7 Å². The molecule has 2 aliphatic heterocycles. The predicted molar refractivity (Wildman–Crippen MR) is 169 cm³/mol. The summed E-state index contributed by atoms with van der Waals surface area (Å²) in [4.78, 5) is 3.63. The van der Waals surface area contributed by atoms with Gasteiger partial charge in [-0.15, -0.1) is 0 Å². The van der Waals surface area contributed by atoms with Crippen molar-refractivity contribution in [1.82, 2.24) is 0 Å². The summed E-state index contributed by atoms with van der Waals surface area (Å²) < 4.78 is 9.72. The highest BCUT2D eigenvalue weighted by atomic mass is 32.2. The monoisotopic (exact) mass is 561 g/mol. The Hall–Kier alpha value is -3.54. The minimum Gasteiger partial charge on any atom is -0.480 e. The molecule has 0 radical (unpaired) electrons. The van der Waals surface area contributed by atoms with Crippen molar-refractivity contribution in [3.05, 3.63) is 123 Å². The molecule has 5 heteroatoms. The van der Waals surface area contributed by atoms with Gasteiger partial charge in [-0.05, 0) is 90.8 Å². The molecule has 3 aliphatic rings. The second-order valence-corrected chi connectivity index (χ2v) is 13.0. The number of aromatic nitrogens is 1. The average Bonchev–Trinajstić information content (AvgIpc) is 3.49. The van der Waals surface area contributed by atoms with Gasteiger partial charge in [0.2, 0.25) is 0 Å². The van der Waals surface area contributed by atoms with E-state index in [1.807, 2.05) is 23.1 Å². The number of fused-ring (bicyclic) bond motifs is 1. The maximum Gasteiger partial charge on any atom is 0.266 e. The molecular weight excluding hydrogens is 529 g/mol. The van der Waals surface area contributed by atoms with Crippen LogP contribution in [-0.2, 0) is 6.54 Å². The van der Waals surface area contributed by atoms with Crippen molar-refractivity contribution in [1.29, 1.82) is 0 Å². The Balaban J connectivity index is 1.25. The van der Waals surface area contributed by atoms with Crippen molar-refractivity contribution in [2.24, 2.45) is 0 Å². The van der Waals surface area contributed by atoms with E-state index >= 15 is 0 Å². The van der Waals surface area contributed by atoms with E-state index in [0.717, 1.165) is 31.7 Å². The number of thiazole rings is 1. The molecule has 0 fully saturated rings. The van der Waals surface area contributed by atoms with Gasteiger partial charge in [-0.25, -0.2) is 0 Å². The van der Waals surface area contributed by atoms with E-state index in [1.54, 1.807) is 0 Å². The summed E-state index contributed by atoms with van der Waals surface area (Å²) in [5.41, 5.74) is 9.52. The summed E-state index contributed by atoms with van der Waals surface area (Å²) in [7, 11) is 2.17. The summed E-state index contributed by atoms with van der Waals surface area (Å²) in [6.07, 6.45) is 11.4. The number of aryl methyl sites for hydroxylation is 1. The van der Waals surface area contributed by atoms with Gasteiger partial charge < -0.3 is 9.64 Å². The van der Waals surface area contributed by atoms with Crippen molar-refractivity contribution < 1.29 is 9.30 Å². The Labute approximate surface area is 244 Å². The van der Waals surface area contributed by atoms with Crippen LogP contribution < -0.4 is 14.2 Å². The molecule has 200 valence electrons. The lowest BCUT2D eigenvalue weighted by molar-refractivity contribution is -0.673. The first-order valence-electron chi connectivity index (χ1n) is 14.0. The molecule has 0 spiro atoms. The largest absolute Gasteiger partial charge is 0.480 e. The maximum absolute atomic E-state index is 5.97. The molecule has 1 aromatic heterocycles. The third kappa shape index (κ3) is 4.61. The molecule has 0 saturated carbocycles. The molecule has 3 heterocycles. The van der Waals surface area contributed by atoms with Crippen LogP contribution in [0.2, 0.25) is 0 Å². The fourth-order valence-corrected chi connectivity index (χ4v) is 8.29. The van der Waals surface area contributed by atoms with Crippen molar-refractivity contribution in [3.8, 4) is 5.75 Å². The smallest absolute Gasteiger partial charge is 0.266 e. The van der Waals surface area contributed by atoms with Gasteiger partial charge in [-0.3, -0.25) is 0 Å². The highest BCUT2D eigenvalue weighted by molar-refractivity contribution is 8.03. The van der Waals surface area contributed by atoms with Crippen LogP contribution >= 0.6 is 23.1 Å². The minimum absolute atomic E-state index is 0.467. The number of nitrogens with zero attached hydrogens (tertiary/aromatic N) is 2. The number of allylic oxidation sites excluding steroid dienone is 6. The summed E-state index contributed by atoms with van der Waals surface area (Å²) in [6.45, 7) is 6.09. The number of para-hydroxylation sites is 1. The lowest BCUT2D eigenvalue weighted by Crippen LogP contribution is -2.41. The molecule has 3 nitrogen and oxygen atoms in total. The Kier molecular flexibility index (Phi) is 6.65. The van der Waals surface area contributed by atoms with Crippen LogP contribution in [0.15, 0.2) is 112 Å². The minimum atomic E-state index is 0.467. The number of rotatable bonds is 4. The molecule has 3 aromatic carbocycles. The molecule has 40 heavy (non-hydrogen) atoms. The highest BCUT2D eigenvalue weighted by Gasteiger charge is 2.29. The van der Waals surface area contributed by atoms with Crippen LogP contribution in [-0.4, -0.2) is 13.7 Å². The van der Waals surface area contributed by atoms with E-state index in [2.05, 4.69) is 121 Å². The molecule has 4 aromatic rings. The number of hydrogen-bond donors (Lipinski definition) is 0. The number of hydrogen-bond acceptors (Lipinski definition) is 4. The zero-order valence-electron chi connectivity index (χ0n) is 23.2. The molecule has 0 bridgehead atoms. The van der Waals surface area contributed by atoms with Gasteiger partial charge >= 0.3 is 0 Å². The lowest BCUT2D eigenvalue weighted by atomic mass is 9.77. The third-order valence-corrected chi connectivity index (χ3v) is 10.6. The first-order valence-corrected chi connectivity index (χ1v) is 15.6. The molecule has 0 saturated heterocycles. The maximum atomic E-state index is 5.97. The van der Waals surface area contributed by atoms with Crippen molar-refractivity contribution in [3.63, 3.8) is 0 Å². The normalized spacial score (nSPS) is 20.7. The molecule has 1 unspecified atom stereocenters. The molecule has 7 rings (SSSR count). The molecule has 1 aliphatic carbocycles. The standard InChI is InChI=1S/C35H33N2OS2/c1-23-15-16-31-29(19-23)36(3)33(39-31)14-7-11-26-20-28(25-9-5-4-6-10-25)21-27(24(26)2)22-34-37-17-18-38-30-12-8-13-32(40-34)35(30)37/h4-16,19,22,28H,17-18,20-21H2,1-3H3/q+1. The van der Waals surface area contributed by atoms with E-state index in [1.165, 1.54) is 58.7 Å². The van der Waals surface area contributed by atoms with E-state index in [4.69, 9.17) is 4.74 Å². The van der Waals surface area contributed by atoms with Crippen LogP contribution in [0.4, 0.5) is 5.69 Å². The first-order chi connectivity index (χ1) is 19.5. The van der Waals surface area contributed by atoms with E-state index in [0.29, 0.717) is 5.92 Å².